The van der Waals surface area contributed by atoms with E-state index in [4.69, 9.17) is 0 Å². The molecule has 30 heavy (non-hydrogen) atoms. The van der Waals surface area contributed by atoms with E-state index in [1.807, 2.05) is 59.3 Å². The molecule has 1 aliphatic rings. The summed E-state index contributed by atoms with van der Waals surface area (Å²) in [4.78, 5) is 29.6. The van der Waals surface area contributed by atoms with Crippen LogP contribution in [0.3, 0.4) is 0 Å². The number of carbonyl (C=O) groups is 2. The van der Waals surface area contributed by atoms with Gasteiger partial charge in [0.1, 0.15) is 0 Å². The molecule has 2 aromatic heterocycles. The highest BCUT2D eigenvalue weighted by atomic mass is 32.1. The summed E-state index contributed by atoms with van der Waals surface area (Å²) < 4.78 is 0. The molecule has 0 fully saturated rings. The quantitative estimate of drug-likeness (QED) is 0.299. The van der Waals surface area contributed by atoms with Crippen LogP contribution in [0.2, 0.25) is 0 Å². The van der Waals surface area contributed by atoms with Gasteiger partial charge in [-0.25, -0.2) is 0 Å². The standard InChI is InChI=1S/C26H14O2S2/c27-25-17-9-3-4-10-18(17)26(28)24-22(20-12-6-14-30-20)16-8-2-1-7-15(16)21(23(24)25)19-11-5-13-29-19/h1-14H. The first kappa shape index (κ1) is 17.5. The maximum absolute atomic E-state index is 13.8. The zero-order valence-electron chi connectivity index (χ0n) is 15.7. The van der Waals surface area contributed by atoms with Gasteiger partial charge in [-0.15, -0.1) is 22.7 Å². The second-order valence-corrected chi connectivity index (χ2v) is 9.10. The molecule has 0 radical (unpaired) electrons. The summed E-state index contributed by atoms with van der Waals surface area (Å²) in [5, 5.41) is 6.02. The number of hydrogen-bond acceptors (Lipinski definition) is 4. The molecule has 4 heteroatoms. The second kappa shape index (κ2) is 6.59. The van der Waals surface area contributed by atoms with Crippen molar-refractivity contribution >= 4 is 45.0 Å². The third-order valence-corrected chi connectivity index (χ3v) is 7.40. The first-order chi connectivity index (χ1) is 14.8. The molecule has 0 amide bonds. The van der Waals surface area contributed by atoms with Crippen molar-refractivity contribution in [2.75, 3.05) is 0 Å². The molecule has 3 aromatic carbocycles. The fourth-order valence-corrected chi connectivity index (χ4v) is 5.98. The predicted molar refractivity (Wildman–Crippen MR) is 124 cm³/mol. The van der Waals surface area contributed by atoms with Gasteiger partial charge < -0.3 is 0 Å². The van der Waals surface area contributed by atoms with E-state index in [-0.39, 0.29) is 11.6 Å². The molecule has 0 saturated heterocycles. The summed E-state index contributed by atoms with van der Waals surface area (Å²) in [6, 6.07) is 23.3. The van der Waals surface area contributed by atoms with E-state index in [1.54, 1.807) is 34.8 Å². The van der Waals surface area contributed by atoms with Gasteiger partial charge in [-0.05, 0) is 33.7 Å². The first-order valence-electron chi connectivity index (χ1n) is 9.60. The SMILES string of the molecule is O=C1c2ccccc2C(=O)c2c1c(-c1cccs1)c1ccccc1c2-c1cccs1. The van der Waals surface area contributed by atoms with Crippen LogP contribution in [0.4, 0.5) is 0 Å². The molecule has 2 heterocycles. The molecular formula is C26H14O2S2. The van der Waals surface area contributed by atoms with Crippen LogP contribution in [0.5, 0.6) is 0 Å². The molecule has 0 atom stereocenters. The van der Waals surface area contributed by atoms with Gasteiger partial charge in [0.2, 0.25) is 0 Å². The van der Waals surface area contributed by atoms with E-state index in [0.717, 1.165) is 31.7 Å². The lowest BCUT2D eigenvalue weighted by Gasteiger charge is -2.25. The zero-order chi connectivity index (χ0) is 20.2. The molecule has 0 spiro atoms. The topological polar surface area (TPSA) is 34.1 Å². The van der Waals surface area contributed by atoms with Gasteiger partial charge in [-0.1, -0.05) is 60.7 Å². The Labute approximate surface area is 181 Å². The van der Waals surface area contributed by atoms with Crippen LogP contribution in [0, 0.1) is 0 Å². The minimum absolute atomic E-state index is 0.0767. The maximum Gasteiger partial charge on any atom is 0.195 e. The lowest BCUT2D eigenvalue weighted by molar-refractivity contribution is 0.0980. The van der Waals surface area contributed by atoms with Gasteiger partial charge in [0, 0.05) is 43.1 Å². The Morgan fingerprint density at radius 3 is 1.30 bits per heavy atom. The normalized spacial score (nSPS) is 12.8. The van der Waals surface area contributed by atoms with E-state index in [9.17, 15) is 9.59 Å². The van der Waals surface area contributed by atoms with Crippen LogP contribution in [-0.4, -0.2) is 11.6 Å². The highest BCUT2D eigenvalue weighted by molar-refractivity contribution is 7.14. The Kier molecular flexibility index (Phi) is 3.85. The molecule has 0 aliphatic heterocycles. The number of rotatable bonds is 2. The lowest BCUT2D eigenvalue weighted by Crippen LogP contribution is -2.23. The number of ketones is 2. The van der Waals surface area contributed by atoms with E-state index in [1.165, 1.54) is 0 Å². The Morgan fingerprint density at radius 2 is 0.900 bits per heavy atom. The van der Waals surface area contributed by atoms with Gasteiger partial charge in [0.05, 0.1) is 0 Å². The fraction of sp³-hybridized carbons (Fsp3) is 0. The molecule has 2 nitrogen and oxygen atoms in total. The highest BCUT2D eigenvalue weighted by Crippen LogP contribution is 2.47. The smallest absolute Gasteiger partial charge is 0.195 e. The molecule has 0 bridgehead atoms. The van der Waals surface area contributed by atoms with Crippen LogP contribution >= 0.6 is 22.7 Å². The summed E-state index contributed by atoms with van der Waals surface area (Å²) in [7, 11) is 0. The first-order valence-corrected chi connectivity index (χ1v) is 11.4. The van der Waals surface area contributed by atoms with Crippen molar-refractivity contribution in [2.24, 2.45) is 0 Å². The van der Waals surface area contributed by atoms with Gasteiger partial charge in [0.15, 0.2) is 11.6 Å². The van der Waals surface area contributed by atoms with Crippen LogP contribution in [0.1, 0.15) is 31.8 Å². The Hall–Kier alpha value is -3.34. The zero-order valence-corrected chi connectivity index (χ0v) is 17.3. The molecule has 142 valence electrons. The summed E-state index contributed by atoms with van der Waals surface area (Å²) in [5.74, 6) is -0.153. The van der Waals surface area contributed by atoms with E-state index >= 15 is 0 Å². The second-order valence-electron chi connectivity index (χ2n) is 7.20. The van der Waals surface area contributed by atoms with Crippen molar-refractivity contribution in [1.29, 1.82) is 0 Å². The summed E-state index contributed by atoms with van der Waals surface area (Å²) in [5.41, 5.74) is 3.76. The van der Waals surface area contributed by atoms with Gasteiger partial charge in [0.25, 0.3) is 0 Å². The fourth-order valence-electron chi connectivity index (χ4n) is 4.39. The van der Waals surface area contributed by atoms with Crippen molar-refractivity contribution in [2.45, 2.75) is 0 Å². The van der Waals surface area contributed by atoms with Crippen molar-refractivity contribution in [3.05, 3.63) is 106 Å². The number of thiophene rings is 2. The maximum atomic E-state index is 13.8. The van der Waals surface area contributed by atoms with Crippen molar-refractivity contribution in [1.82, 2.24) is 0 Å². The van der Waals surface area contributed by atoms with Crippen molar-refractivity contribution in [3.63, 3.8) is 0 Å². The number of fused-ring (bicyclic) bond motifs is 3. The van der Waals surface area contributed by atoms with Gasteiger partial charge in [-0.3, -0.25) is 9.59 Å². The predicted octanol–water partition coefficient (Wildman–Crippen LogP) is 7.07. The summed E-state index contributed by atoms with van der Waals surface area (Å²) >= 11 is 3.18. The van der Waals surface area contributed by atoms with E-state index in [2.05, 4.69) is 12.1 Å². The minimum Gasteiger partial charge on any atom is -0.289 e. The molecule has 0 unspecified atom stereocenters. The molecule has 0 saturated carbocycles. The monoisotopic (exact) mass is 422 g/mol. The van der Waals surface area contributed by atoms with Crippen LogP contribution < -0.4 is 0 Å². The van der Waals surface area contributed by atoms with Gasteiger partial charge >= 0.3 is 0 Å². The molecule has 6 rings (SSSR count). The minimum atomic E-state index is -0.0767. The van der Waals surface area contributed by atoms with E-state index in [0.29, 0.717) is 22.3 Å². The average molecular weight is 423 g/mol. The average Bonchev–Trinajstić information content (AvgIpc) is 3.50. The number of hydrogen-bond donors (Lipinski definition) is 0. The van der Waals surface area contributed by atoms with E-state index < -0.39 is 0 Å². The largest absolute Gasteiger partial charge is 0.289 e. The molecular weight excluding hydrogens is 408 g/mol. The van der Waals surface area contributed by atoms with Crippen LogP contribution in [0.15, 0.2) is 83.6 Å². The van der Waals surface area contributed by atoms with Crippen molar-refractivity contribution < 1.29 is 9.59 Å². The Morgan fingerprint density at radius 1 is 0.467 bits per heavy atom. The molecule has 1 aliphatic carbocycles. The molecule has 5 aromatic rings. The highest BCUT2D eigenvalue weighted by Gasteiger charge is 2.36. The summed E-state index contributed by atoms with van der Waals surface area (Å²) in [6.07, 6.45) is 0. The Bertz CT molecular complexity index is 1350. The number of carbonyl (C=O) groups excluding carboxylic acids is 2. The third kappa shape index (κ3) is 2.35. The van der Waals surface area contributed by atoms with Gasteiger partial charge in [-0.2, -0.15) is 0 Å². The van der Waals surface area contributed by atoms with Crippen LogP contribution in [0.25, 0.3) is 31.7 Å². The summed E-state index contributed by atoms with van der Waals surface area (Å²) in [6.45, 7) is 0. The Balaban J connectivity index is 1.87. The number of benzene rings is 3. The third-order valence-electron chi connectivity index (χ3n) is 5.62. The van der Waals surface area contributed by atoms with Crippen molar-refractivity contribution in [3.8, 4) is 20.9 Å². The molecule has 0 N–H and O–H groups in total. The lowest BCUT2D eigenvalue weighted by atomic mass is 9.76. The van der Waals surface area contributed by atoms with Crippen LogP contribution in [-0.2, 0) is 0 Å².